The minimum Gasteiger partial charge on any atom is -0.474 e. The molecule has 1 fully saturated rings. The first-order chi connectivity index (χ1) is 14.4. The minimum atomic E-state index is -5.13. The van der Waals surface area contributed by atoms with E-state index in [0.717, 1.165) is 0 Å². The van der Waals surface area contributed by atoms with E-state index in [1.165, 1.54) is 0 Å². The van der Waals surface area contributed by atoms with Crippen LogP contribution in [-0.4, -0.2) is 58.0 Å². The van der Waals surface area contributed by atoms with Gasteiger partial charge in [0.15, 0.2) is 11.4 Å². The first-order valence-corrected chi connectivity index (χ1v) is 9.84. The lowest BCUT2D eigenvalue weighted by Gasteiger charge is -2.38. The minimum absolute atomic E-state index is 0.0340. The van der Waals surface area contributed by atoms with E-state index in [1.54, 1.807) is 12.1 Å². The number of alkyl halides is 3. The van der Waals surface area contributed by atoms with Gasteiger partial charge in [-0.2, -0.15) is 18.2 Å². The first kappa shape index (κ1) is 22.8. The molecule has 0 aliphatic carbocycles. The Kier molecular flexibility index (Phi) is 6.12. The maximum absolute atomic E-state index is 13.6. The Balaban J connectivity index is 1.78. The Labute approximate surface area is 177 Å². The van der Waals surface area contributed by atoms with Crippen LogP contribution in [0.2, 0.25) is 0 Å². The van der Waals surface area contributed by atoms with Crippen molar-refractivity contribution in [2.24, 2.45) is 22.4 Å². The maximum atomic E-state index is 13.6. The number of amides is 1. The van der Waals surface area contributed by atoms with Crippen molar-refractivity contribution in [1.82, 2.24) is 10.2 Å². The molecule has 1 aromatic heterocycles. The van der Waals surface area contributed by atoms with Gasteiger partial charge in [0.05, 0.1) is 18.1 Å². The number of aliphatic imine (C=N–C) groups is 1. The molecule has 0 bridgehead atoms. The summed E-state index contributed by atoms with van der Waals surface area (Å²) in [6, 6.07) is 3.46. The number of anilines is 1. The molecule has 3 rings (SSSR count). The van der Waals surface area contributed by atoms with Crippen LogP contribution in [0.4, 0.5) is 19.0 Å². The van der Waals surface area contributed by atoms with Crippen molar-refractivity contribution in [3.63, 3.8) is 0 Å². The van der Waals surface area contributed by atoms with Crippen molar-refractivity contribution >= 4 is 17.6 Å². The molecular formula is C19H25F3N6O3. The number of aromatic nitrogens is 2. The van der Waals surface area contributed by atoms with Gasteiger partial charge in [-0.1, -0.05) is 0 Å². The number of hydrogen-bond acceptors (Lipinski definition) is 8. The third kappa shape index (κ3) is 4.58. The number of rotatable bonds is 4. The van der Waals surface area contributed by atoms with Crippen LogP contribution in [0.5, 0.6) is 5.88 Å². The summed E-state index contributed by atoms with van der Waals surface area (Å²) < 4.78 is 46.3. The summed E-state index contributed by atoms with van der Waals surface area (Å²) >= 11 is 0. The molecule has 0 aromatic carbocycles. The Morgan fingerprint density at radius 1 is 1.29 bits per heavy atom. The van der Waals surface area contributed by atoms with Crippen molar-refractivity contribution in [2.75, 3.05) is 18.0 Å². The average molecular weight is 442 g/mol. The maximum Gasteiger partial charge on any atom is 0.422 e. The Morgan fingerprint density at radius 3 is 2.45 bits per heavy atom. The summed E-state index contributed by atoms with van der Waals surface area (Å²) in [5, 5.41) is 18.5. The highest BCUT2D eigenvalue weighted by Gasteiger charge is 2.60. The van der Waals surface area contributed by atoms with E-state index in [4.69, 9.17) is 16.2 Å². The first-order valence-electron chi connectivity index (χ1n) is 9.84. The van der Waals surface area contributed by atoms with Gasteiger partial charge >= 0.3 is 6.18 Å². The monoisotopic (exact) mass is 442 g/mol. The molecule has 5 N–H and O–H groups in total. The molecular weight excluding hydrogens is 417 g/mol. The van der Waals surface area contributed by atoms with Crippen LogP contribution in [0.25, 0.3) is 0 Å². The lowest BCUT2D eigenvalue weighted by atomic mass is 9.80. The van der Waals surface area contributed by atoms with Crippen LogP contribution >= 0.6 is 0 Å². The Bertz CT molecular complexity index is 892. The lowest BCUT2D eigenvalue weighted by molar-refractivity contribution is -0.244. The normalized spacial score (nSPS) is 24.9. The zero-order valence-corrected chi connectivity index (χ0v) is 17.2. The smallest absolute Gasteiger partial charge is 0.422 e. The average Bonchev–Trinajstić information content (AvgIpc) is 2.66. The van der Waals surface area contributed by atoms with Crippen LogP contribution in [0, 0.1) is 5.92 Å². The summed E-state index contributed by atoms with van der Waals surface area (Å²) in [4.78, 5) is 16.9. The van der Waals surface area contributed by atoms with E-state index in [1.807, 2.05) is 18.7 Å². The van der Waals surface area contributed by atoms with E-state index >= 15 is 0 Å². The predicted molar refractivity (Wildman–Crippen MR) is 106 cm³/mol. The highest BCUT2D eigenvalue weighted by Crippen LogP contribution is 2.43. The summed E-state index contributed by atoms with van der Waals surface area (Å²) in [7, 11) is 0. The molecule has 3 heterocycles. The number of amidine groups is 1. The second kappa shape index (κ2) is 8.33. The number of aliphatic hydroxyl groups is 1. The summed E-state index contributed by atoms with van der Waals surface area (Å²) in [5.74, 6) is -1.30. The van der Waals surface area contributed by atoms with E-state index < -0.39 is 41.4 Å². The molecule has 12 heteroatoms. The van der Waals surface area contributed by atoms with Crippen molar-refractivity contribution in [3.05, 3.63) is 23.4 Å². The topological polar surface area (TPSA) is 140 Å². The number of carbonyl (C=O) groups is 1. The number of ether oxygens (including phenoxy) is 1. The van der Waals surface area contributed by atoms with Gasteiger partial charge in [0.1, 0.15) is 5.84 Å². The predicted octanol–water partition coefficient (Wildman–Crippen LogP) is 1.27. The molecule has 0 radical (unpaired) electrons. The number of nitrogens with two attached hydrogens (primary N) is 2. The highest BCUT2D eigenvalue weighted by atomic mass is 19.4. The van der Waals surface area contributed by atoms with Gasteiger partial charge in [0, 0.05) is 30.8 Å². The Morgan fingerprint density at radius 2 is 1.94 bits per heavy atom. The number of carbonyl (C=O) groups excluding carboxylic acids is 1. The van der Waals surface area contributed by atoms with Crippen molar-refractivity contribution in [1.29, 1.82) is 0 Å². The van der Waals surface area contributed by atoms with Crippen molar-refractivity contribution < 1.29 is 27.8 Å². The van der Waals surface area contributed by atoms with Gasteiger partial charge < -0.3 is 26.2 Å². The van der Waals surface area contributed by atoms with E-state index in [9.17, 15) is 23.1 Å². The fraction of sp³-hybridized carbons (Fsp3) is 0.579. The molecule has 2 aliphatic heterocycles. The van der Waals surface area contributed by atoms with Gasteiger partial charge in [-0.25, -0.2) is 0 Å². The van der Waals surface area contributed by atoms with Crippen LogP contribution in [0.3, 0.4) is 0 Å². The van der Waals surface area contributed by atoms with Gasteiger partial charge in [0.2, 0.25) is 5.88 Å². The van der Waals surface area contributed by atoms with Crippen molar-refractivity contribution in [3.8, 4) is 5.88 Å². The third-order valence-electron chi connectivity index (χ3n) is 5.32. The number of halogens is 3. The molecule has 9 nitrogen and oxygen atoms in total. The van der Waals surface area contributed by atoms with E-state index in [-0.39, 0.29) is 11.8 Å². The zero-order chi connectivity index (χ0) is 23.0. The summed E-state index contributed by atoms with van der Waals surface area (Å²) in [5.41, 5.74) is 7.31. The molecule has 0 spiro atoms. The zero-order valence-electron chi connectivity index (χ0n) is 17.2. The van der Waals surface area contributed by atoms with Crippen LogP contribution in [0.15, 0.2) is 28.4 Å². The Hall–Kier alpha value is -2.89. The van der Waals surface area contributed by atoms with Gasteiger partial charge in [-0.15, -0.1) is 10.2 Å². The van der Waals surface area contributed by atoms with Gasteiger partial charge in [-0.05, 0) is 32.8 Å². The largest absolute Gasteiger partial charge is 0.474 e. The second-order valence-corrected chi connectivity index (χ2v) is 7.91. The fourth-order valence-electron chi connectivity index (χ4n) is 3.79. The van der Waals surface area contributed by atoms with E-state index in [0.29, 0.717) is 37.6 Å². The summed E-state index contributed by atoms with van der Waals surface area (Å²) in [6.07, 6.45) is -5.60. The van der Waals surface area contributed by atoms with Gasteiger partial charge in [-0.3, -0.25) is 4.79 Å². The van der Waals surface area contributed by atoms with Crippen LogP contribution < -0.4 is 21.1 Å². The summed E-state index contributed by atoms with van der Waals surface area (Å²) in [6.45, 7) is 4.66. The fourth-order valence-corrected chi connectivity index (χ4v) is 3.79. The second-order valence-electron chi connectivity index (χ2n) is 7.91. The molecule has 0 saturated carbocycles. The van der Waals surface area contributed by atoms with E-state index in [2.05, 4.69) is 15.2 Å². The van der Waals surface area contributed by atoms with Crippen LogP contribution in [-0.2, 0) is 4.79 Å². The van der Waals surface area contributed by atoms with Crippen molar-refractivity contribution in [2.45, 2.75) is 51.0 Å². The molecule has 170 valence electrons. The number of piperidine rings is 1. The molecule has 1 amide bonds. The third-order valence-corrected chi connectivity index (χ3v) is 5.32. The molecule has 31 heavy (non-hydrogen) atoms. The SMILES string of the molecule is CC(C)Oc1ccc(N2CCC(C(N)=C3C(N)=NC(=O)CC3(O)C(F)(F)F)CC2)nn1. The number of nitrogens with zero attached hydrogens (tertiary/aromatic N) is 4. The molecule has 1 unspecified atom stereocenters. The lowest BCUT2D eigenvalue weighted by Crippen LogP contribution is -2.55. The van der Waals surface area contributed by atoms with Crippen LogP contribution in [0.1, 0.15) is 33.1 Å². The molecule has 1 atom stereocenters. The quantitative estimate of drug-likeness (QED) is 0.633. The standard InChI is InChI=1S/C19H25F3N6O3/c1-10(2)31-14-4-3-12(26-27-14)28-7-5-11(6-8-28)16(23)15-17(24)25-13(29)9-18(15,30)19(20,21)22/h3-4,10-11,30H,5-9,23H2,1-2H3,(H2,24,25,29). The van der Waals surface area contributed by atoms with Gasteiger partial charge in [0.25, 0.3) is 5.91 Å². The number of hydrogen-bond donors (Lipinski definition) is 3. The molecule has 1 aromatic rings. The molecule has 2 aliphatic rings. The highest BCUT2D eigenvalue weighted by molar-refractivity contribution is 6.09. The molecule has 1 saturated heterocycles. The number of allylic oxidation sites excluding steroid dienone is 1.